The van der Waals surface area contributed by atoms with E-state index in [1.54, 1.807) is 0 Å². The highest BCUT2D eigenvalue weighted by Gasteiger charge is 2.17. The van der Waals surface area contributed by atoms with E-state index in [1.165, 1.54) is 71.5 Å². The predicted octanol–water partition coefficient (Wildman–Crippen LogP) is 16.1. The van der Waals surface area contributed by atoms with Crippen LogP contribution < -0.4 is 4.90 Å². The summed E-state index contributed by atoms with van der Waals surface area (Å²) in [5.74, 6) is 0. The molecule has 0 saturated heterocycles. The van der Waals surface area contributed by atoms with Crippen molar-refractivity contribution in [3.63, 3.8) is 0 Å². The van der Waals surface area contributed by atoms with Gasteiger partial charge in [-0.25, -0.2) is 0 Å². The molecule has 0 unspecified atom stereocenters. The molecule has 0 saturated carbocycles. The number of anilines is 3. The maximum Gasteiger partial charge on any atom is 0.0541 e. The van der Waals surface area contributed by atoms with Gasteiger partial charge in [0.05, 0.1) is 11.0 Å². The molecule has 0 spiro atoms. The Bertz CT molecular complexity index is 3220. The molecular weight excluding hydrogens is 725 g/mol. The van der Waals surface area contributed by atoms with Gasteiger partial charge in [-0.2, -0.15) is 0 Å². The van der Waals surface area contributed by atoms with Crippen LogP contribution >= 0.6 is 0 Å². The lowest BCUT2D eigenvalue weighted by atomic mass is 9.93. The Kier molecular flexibility index (Phi) is 8.87. The number of fused-ring (bicyclic) bond motifs is 4. The fourth-order valence-electron chi connectivity index (χ4n) is 8.82. The molecule has 0 aliphatic heterocycles. The lowest BCUT2D eigenvalue weighted by molar-refractivity contribution is 1.18. The van der Waals surface area contributed by atoms with Crippen molar-refractivity contribution in [2.24, 2.45) is 0 Å². The van der Waals surface area contributed by atoms with Crippen molar-refractivity contribution in [3.05, 3.63) is 243 Å². The number of aromatic nitrogens is 1. The second-order valence-corrected chi connectivity index (χ2v) is 15.4. The molecule has 11 rings (SSSR count). The largest absolute Gasteiger partial charge is 0.311 e. The molecule has 0 aliphatic carbocycles. The van der Waals surface area contributed by atoms with Gasteiger partial charge in [0.25, 0.3) is 0 Å². The zero-order valence-electron chi connectivity index (χ0n) is 33.0. The number of hydrogen-bond donors (Lipinski definition) is 0. The third-order valence-electron chi connectivity index (χ3n) is 11.8. The highest BCUT2D eigenvalue weighted by molar-refractivity contribution is 6.09. The molecule has 0 amide bonds. The Morgan fingerprint density at radius 1 is 0.267 bits per heavy atom. The van der Waals surface area contributed by atoms with E-state index < -0.39 is 0 Å². The average Bonchev–Trinajstić information content (AvgIpc) is 3.67. The van der Waals surface area contributed by atoms with Gasteiger partial charge < -0.3 is 9.47 Å². The van der Waals surface area contributed by atoms with Crippen LogP contribution in [0.2, 0.25) is 0 Å². The molecule has 2 heteroatoms. The van der Waals surface area contributed by atoms with Crippen LogP contribution in [0.4, 0.5) is 17.1 Å². The topological polar surface area (TPSA) is 8.17 Å². The van der Waals surface area contributed by atoms with Crippen molar-refractivity contribution >= 4 is 49.6 Å². The summed E-state index contributed by atoms with van der Waals surface area (Å²) in [6.07, 6.45) is 0. The molecule has 0 bridgehead atoms. The first-order valence-corrected chi connectivity index (χ1v) is 20.6. The third kappa shape index (κ3) is 6.41. The second-order valence-electron chi connectivity index (χ2n) is 15.4. The van der Waals surface area contributed by atoms with Crippen LogP contribution in [-0.2, 0) is 0 Å². The molecule has 1 aromatic heterocycles. The van der Waals surface area contributed by atoms with Crippen LogP contribution in [-0.4, -0.2) is 4.57 Å². The zero-order valence-corrected chi connectivity index (χ0v) is 33.0. The fourth-order valence-corrected chi connectivity index (χ4v) is 8.82. The molecule has 282 valence electrons. The van der Waals surface area contributed by atoms with Gasteiger partial charge in [-0.1, -0.05) is 176 Å². The van der Waals surface area contributed by atoms with Crippen LogP contribution in [0.1, 0.15) is 0 Å². The molecule has 0 radical (unpaired) electrons. The lowest BCUT2D eigenvalue weighted by Gasteiger charge is -2.26. The number of rotatable bonds is 8. The minimum atomic E-state index is 1.09. The third-order valence-corrected chi connectivity index (χ3v) is 11.8. The van der Waals surface area contributed by atoms with Gasteiger partial charge in [0.2, 0.25) is 0 Å². The van der Waals surface area contributed by atoms with Gasteiger partial charge in [0.1, 0.15) is 0 Å². The van der Waals surface area contributed by atoms with E-state index in [9.17, 15) is 0 Å². The zero-order chi connectivity index (χ0) is 39.8. The molecule has 10 aromatic carbocycles. The first kappa shape index (κ1) is 35.2. The van der Waals surface area contributed by atoms with Gasteiger partial charge in [-0.05, 0) is 122 Å². The molecule has 60 heavy (non-hydrogen) atoms. The monoisotopic (exact) mass is 764 g/mol. The number of para-hydroxylation sites is 2. The summed E-state index contributed by atoms with van der Waals surface area (Å²) in [4.78, 5) is 2.35. The first-order valence-electron chi connectivity index (χ1n) is 20.6. The van der Waals surface area contributed by atoms with E-state index in [2.05, 4.69) is 252 Å². The fraction of sp³-hybridized carbons (Fsp3) is 0. The SMILES string of the molecule is c1ccc(-c2ccc(N(c3ccc(-c4ccc5ccccc5c4)cc3)c3ccc(-c4ccc(-n5c6ccccc6c6ccccc65)cc4-c4ccccc4)cc3)cc2)cc1. The summed E-state index contributed by atoms with van der Waals surface area (Å²) >= 11 is 0. The maximum absolute atomic E-state index is 2.40. The molecule has 11 aromatic rings. The van der Waals surface area contributed by atoms with E-state index >= 15 is 0 Å². The van der Waals surface area contributed by atoms with Crippen molar-refractivity contribution < 1.29 is 0 Å². The van der Waals surface area contributed by atoms with Gasteiger partial charge in [-0.3, -0.25) is 0 Å². The van der Waals surface area contributed by atoms with E-state index in [4.69, 9.17) is 0 Å². The van der Waals surface area contributed by atoms with Gasteiger partial charge in [0.15, 0.2) is 0 Å². The Labute approximate surface area is 350 Å². The van der Waals surface area contributed by atoms with E-state index in [-0.39, 0.29) is 0 Å². The van der Waals surface area contributed by atoms with Crippen molar-refractivity contribution in [3.8, 4) is 50.2 Å². The number of benzene rings is 10. The average molecular weight is 765 g/mol. The van der Waals surface area contributed by atoms with E-state index in [0.29, 0.717) is 0 Å². The predicted molar refractivity (Wildman–Crippen MR) is 255 cm³/mol. The van der Waals surface area contributed by atoms with Gasteiger partial charge in [0, 0.05) is 33.5 Å². The summed E-state index contributed by atoms with van der Waals surface area (Å²) in [6, 6.07) is 87.9. The maximum atomic E-state index is 2.40. The molecule has 0 atom stereocenters. The van der Waals surface area contributed by atoms with Crippen molar-refractivity contribution in [2.75, 3.05) is 4.90 Å². The summed E-state index contributed by atoms with van der Waals surface area (Å²) in [7, 11) is 0. The van der Waals surface area contributed by atoms with Gasteiger partial charge >= 0.3 is 0 Å². The Balaban J connectivity index is 0.996. The van der Waals surface area contributed by atoms with Gasteiger partial charge in [-0.15, -0.1) is 0 Å². The molecule has 1 heterocycles. The van der Waals surface area contributed by atoms with Crippen LogP contribution in [0, 0.1) is 0 Å². The Morgan fingerprint density at radius 2 is 0.700 bits per heavy atom. The highest BCUT2D eigenvalue weighted by atomic mass is 15.1. The summed E-state index contributed by atoms with van der Waals surface area (Å²) in [5.41, 5.74) is 16.4. The van der Waals surface area contributed by atoms with Crippen molar-refractivity contribution in [2.45, 2.75) is 0 Å². The molecular formula is C58H40N2. The number of hydrogen-bond acceptors (Lipinski definition) is 1. The van der Waals surface area contributed by atoms with Crippen LogP contribution in [0.15, 0.2) is 243 Å². The molecule has 2 nitrogen and oxygen atoms in total. The normalized spacial score (nSPS) is 11.3. The van der Waals surface area contributed by atoms with Crippen LogP contribution in [0.5, 0.6) is 0 Å². The highest BCUT2D eigenvalue weighted by Crippen LogP contribution is 2.41. The van der Waals surface area contributed by atoms with Crippen LogP contribution in [0.3, 0.4) is 0 Å². The Morgan fingerprint density at radius 3 is 1.30 bits per heavy atom. The smallest absolute Gasteiger partial charge is 0.0541 e. The Hall–Kier alpha value is -7.94. The van der Waals surface area contributed by atoms with Crippen molar-refractivity contribution in [1.29, 1.82) is 0 Å². The van der Waals surface area contributed by atoms with Crippen LogP contribution in [0.25, 0.3) is 82.8 Å². The minimum absolute atomic E-state index is 1.09. The summed E-state index contributed by atoms with van der Waals surface area (Å²) in [5, 5.41) is 5.02. The van der Waals surface area contributed by atoms with E-state index in [1.807, 2.05) is 0 Å². The molecule has 0 aliphatic rings. The lowest BCUT2D eigenvalue weighted by Crippen LogP contribution is -2.09. The summed E-state index contributed by atoms with van der Waals surface area (Å²) < 4.78 is 2.40. The molecule has 0 N–H and O–H groups in total. The van der Waals surface area contributed by atoms with E-state index in [0.717, 1.165) is 28.3 Å². The minimum Gasteiger partial charge on any atom is -0.311 e. The van der Waals surface area contributed by atoms with Crippen molar-refractivity contribution in [1.82, 2.24) is 4.57 Å². The molecule has 0 fully saturated rings. The number of nitrogens with zero attached hydrogens (tertiary/aromatic N) is 2. The quantitative estimate of drug-likeness (QED) is 0.150. The first-order chi connectivity index (χ1) is 29.7. The summed E-state index contributed by atoms with van der Waals surface area (Å²) in [6.45, 7) is 0. The second kappa shape index (κ2) is 15.1. The standard InChI is InChI=1S/C58H40N2/c1-3-13-41(14-4-1)43-25-31-49(32-26-43)59(50-33-27-44(28-34-50)48-24-23-42-15-7-8-18-47(42)39-48)51-35-29-46(30-36-51)53-38-37-52(40-56(53)45-16-5-2-6-17-45)60-57-21-11-9-19-54(57)55-20-10-12-22-58(55)60/h1-40H.